The summed E-state index contributed by atoms with van der Waals surface area (Å²) >= 11 is 12.4. The molecule has 9 heteroatoms. The Balaban J connectivity index is 2.31. The number of hydrogen-bond donors (Lipinski definition) is 2. The van der Waals surface area contributed by atoms with E-state index in [0.717, 1.165) is 11.1 Å². The highest BCUT2D eigenvalue weighted by Gasteiger charge is 2.48. The average Bonchev–Trinajstić information content (AvgIpc) is 2.78. The van der Waals surface area contributed by atoms with E-state index in [2.05, 4.69) is 4.72 Å². The van der Waals surface area contributed by atoms with E-state index in [4.69, 9.17) is 27.6 Å². The van der Waals surface area contributed by atoms with Gasteiger partial charge in [-0.15, -0.1) is 0 Å². The molecule has 3 aromatic carbocycles. The third-order valence-electron chi connectivity index (χ3n) is 6.04. The summed E-state index contributed by atoms with van der Waals surface area (Å²) < 4.78 is 36.7. The maximum atomic E-state index is 13.8. The lowest BCUT2D eigenvalue weighted by Gasteiger charge is -2.43. The minimum atomic E-state index is -4.23. The van der Waals surface area contributed by atoms with Gasteiger partial charge in [0.05, 0.1) is 17.2 Å². The van der Waals surface area contributed by atoms with Gasteiger partial charge in [0, 0.05) is 5.02 Å². The zero-order chi connectivity index (χ0) is 26.9. The predicted molar refractivity (Wildman–Crippen MR) is 150 cm³/mol. The van der Waals surface area contributed by atoms with Crippen LogP contribution in [0.25, 0.3) is 0 Å². The molecule has 0 saturated carbocycles. The van der Waals surface area contributed by atoms with Crippen molar-refractivity contribution >= 4 is 41.5 Å². The summed E-state index contributed by atoms with van der Waals surface area (Å²) in [4.78, 5) is -0.168. The molecule has 0 bridgehead atoms. The monoisotopic (exact) mass is 565 g/mol. The minimum absolute atomic E-state index is 0.0275. The third-order valence-corrected chi connectivity index (χ3v) is 9.27. The van der Waals surface area contributed by atoms with Gasteiger partial charge in [-0.1, -0.05) is 71.7 Å². The molecule has 2 unspecified atom stereocenters. The van der Waals surface area contributed by atoms with Gasteiger partial charge in [0.25, 0.3) is 0 Å². The third kappa shape index (κ3) is 6.22. The Hall–Kier alpha value is -1.71. The molecule has 3 rings (SSSR count). The lowest BCUT2D eigenvalue weighted by Crippen LogP contribution is -2.59. The van der Waals surface area contributed by atoms with E-state index in [-0.39, 0.29) is 14.9 Å². The average molecular weight is 567 g/mol. The Kier molecular flexibility index (Phi) is 8.78. The number of hydrogen-bond acceptors (Lipinski definition) is 4. The van der Waals surface area contributed by atoms with Gasteiger partial charge in [0.1, 0.15) is 10.5 Å². The van der Waals surface area contributed by atoms with Gasteiger partial charge < -0.3 is 9.53 Å². The Morgan fingerprint density at radius 2 is 1.42 bits per heavy atom. The summed E-state index contributed by atoms with van der Waals surface area (Å²) in [7, 11) is -6.39. The molecule has 0 fully saturated rings. The first-order valence-corrected chi connectivity index (χ1v) is 17.3. The van der Waals surface area contributed by atoms with Crippen LogP contribution in [0.15, 0.2) is 71.6 Å². The molecular formula is C27H33Cl2NO4SSi. The summed E-state index contributed by atoms with van der Waals surface area (Å²) in [6.07, 6.45) is -0.700. The molecule has 0 aliphatic rings. The first-order chi connectivity index (χ1) is 16.7. The molecule has 0 aliphatic heterocycles. The van der Waals surface area contributed by atoms with E-state index in [1.54, 1.807) is 6.92 Å². The quantitative estimate of drug-likeness (QED) is 0.293. The molecule has 5 nitrogen and oxygen atoms in total. The van der Waals surface area contributed by atoms with Crippen molar-refractivity contribution in [2.75, 3.05) is 0 Å². The van der Waals surface area contributed by atoms with Crippen LogP contribution in [-0.2, 0) is 20.1 Å². The lowest BCUT2D eigenvalue weighted by atomic mass is 9.75. The zero-order valence-corrected chi connectivity index (χ0v) is 24.7. The van der Waals surface area contributed by atoms with Gasteiger partial charge in [-0.3, -0.25) is 0 Å². The van der Waals surface area contributed by atoms with E-state index in [1.807, 2.05) is 82.0 Å². The molecule has 36 heavy (non-hydrogen) atoms. The topological polar surface area (TPSA) is 75.6 Å². The van der Waals surface area contributed by atoms with Gasteiger partial charge in [-0.2, -0.15) is 0 Å². The van der Waals surface area contributed by atoms with E-state index in [9.17, 15) is 13.5 Å². The molecule has 194 valence electrons. The lowest BCUT2D eigenvalue weighted by molar-refractivity contribution is -0.00182. The van der Waals surface area contributed by atoms with Crippen molar-refractivity contribution in [3.05, 3.63) is 99.0 Å². The highest BCUT2D eigenvalue weighted by molar-refractivity contribution is 7.89. The summed E-state index contributed by atoms with van der Waals surface area (Å²) in [5, 5.41) is 13.0. The summed E-state index contributed by atoms with van der Waals surface area (Å²) in [6.45, 7) is 11.6. The molecule has 3 aromatic rings. The van der Waals surface area contributed by atoms with Crippen molar-refractivity contribution in [2.45, 2.75) is 63.1 Å². The van der Waals surface area contributed by atoms with Crippen LogP contribution in [0.2, 0.25) is 29.7 Å². The van der Waals surface area contributed by atoms with Crippen molar-refractivity contribution in [3.63, 3.8) is 0 Å². The van der Waals surface area contributed by atoms with E-state index in [1.165, 1.54) is 18.2 Å². The number of rotatable bonds is 9. The second-order valence-electron chi connectivity index (χ2n) is 10.0. The molecular weight excluding hydrogens is 533 g/mol. The number of benzene rings is 3. The Morgan fingerprint density at radius 3 is 1.89 bits per heavy atom. The predicted octanol–water partition coefficient (Wildman–Crippen LogP) is 6.43. The first-order valence-electron chi connectivity index (χ1n) is 11.7. The maximum Gasteiger partial charge on any atom is 0.242 e. The molecule has 2 N–H and O–H groups in total. The molecule has 0 spiro atoms. The van der Waals surface area contributed by atoms with Gasteiger partial charge in [0.2, 0.25) is 10.0 Å². The molecule has 0 saturated heterocycles. The smallest absolute Gasteiger partial charge is 0.242 e. The van der Waals surface area contributed by atoms with Gasteiger partial charge in [0.15, 0.2) is 8.32 Å². The molecule has 0 radical (unpaired) electrons. The van der Waals surface area contributed by atoms with Crippen molar-refractivity contribution in [1.82, 2.24) is 4.72 Å². The van der Waals surface area contributed by atoms with Gasteiger partial charge in [-0.25, -0.2) is 13.1 Å². The van der Waals surface area contributed by atoms with E-state index < -0.39 is 36.1 Å². The van der Waals surface area contributed by atoms with Crippen molar-refractivity contribution in [3.8, 4) is 0 Å². The fourth-order valence-electron chi connectivity index (χ4n) is 4.54. The molecule has 0 amide bonds. The molecule has 0 aliphatic carbocycles. The Morgan fingerprint density at radius 1 is 0.917 bits per heavy atom. The zero-order valence-electron chi connectivity index (χ0n) is 21.3. The highest BCUT2D eigenvalue weighted by Crippen LogP contribution is 2.40. The van der Waals surface area contributed by atoms with Crippen LogP contribution in [-0.4, -0.2) is 34.0 Å². The van der Waals surface area contributed by atoms with Crippen LogP contribution < -0.4 is 4.72 Å². The van der Waals surface area contributed by atoms with Crippen LogP contribution in [0.5, 0.6) is 0 Å². The van der Waals surface area contributed by atoms with Crippen LogP contribution in [0.1, 0.15) is 29.2 Å². The number of aliphatic hydroxyl groups is 1. The fourth-order valence-corrected chi connectivity index (χ4v) is 7.88. The van der Waals surface area contributed by atoms with Crippen molar-refractivity contribution in [1.29, 1.82) is 0 Å². The fraction of sp³-hybridized carbons (Fsp3) is 0.333. The first kappa shape index (κ1) is 28.9. The second-order valence-corrected chi connectivity index (χ2v) is 17.0. The SMILES string of the molecule is Cc1ccccc1C(O)(c1ccccc1C)C(NS(=O)(=O)c1cc(Cl)ccc1Cl)C(C)O[Si](C)(C)C. The number of halogens is 2. The molecule has 0 heterocycles. The molecule has 0 aromatic heterocycles. The van der Waals surface area contributed by atoms with Gasteiger partial charge >= 0.3 is 0 Å². The Labute approximate surface area is 225 Å². The standard InChI is InChI=1S/C27H33Cl2NO4SSi/c1-18-11-7-9-13-22(18)27(31,23-14-10-8-12-19(23)2)26(20(3)34-36(4,5)6)30-35(32,33)25-17-21(28)15-16-24(25)29/h7-17,20,26,30-31H,1-6H3. The molecule has 2 atom stereocenters. The number of sulfonamides is 1. The minimum Gasteiger partial charge on any atom is -0.413 e. The highest BCUT2D eigenvalue weighted by atomic mass is 35.5. The van der Waals surface area contributed by atoms with Gasteiger partial charge in [-0.05, 0) is 80.9 Å². The van der Waals surface area contributed by atoms with Crippen molar-refractivity contribution < 1.29 is 18.0 Å². The summed E-state index contributed by atoms with van der Waals surface area (Å²) in [5.41, 5.74) is 1.01. The van der Waals surface area contributed by atoms with Crippen LogP contribution in [0.3, 0.4) is 0 Å². The number of aryl methyl sites for hydroxylation is 2. The largest absolute Gasteiger partial charge is 0.413 e. The number of nitrogens with one attached hydrogen (secondary N) is 1. The van der Waals surface area contributed by atoms with E-state index in [0.29, 0.717) is 11.1 Å². The van der Waals surface area contributed by atoms with E-state index >= 15 is 0 Å². The summed E-state index contributed by atoms with van der Waals surface area (Å²) in [5.74, 6) is 0. The summed E-state index contributed by atoms with van der Waals surface area (Å²) in [6, 6.07) is 18.0. The normalized spacial score (nSPS) is 14.5. The van der Waals surface area contributed by atoms with Crippen LogP contribution in [0.4, 0.5) is 0 Å². The van der Waals surface area contributed by atoms with Crippen molar-refractivity contribution in [2.24, 2.45) is 0 Å². The second kappa shape index (κ2) is 11.0. The van der Waals surface area contributed by atoms with Crippen LogP contribution in [0, 0.1) is 13.8 Å². The van der Waals surface area contributed by atoms with Crippen LogP contribution >= 0.6 is 23.2 Å². The maximum absolute atomic E-state index is 13.8. The Bertz CT molecular complexity index is 1300.